The molecule has 1 amide bonds. The highest BCUT2D eigenvalue weighted by molar-refractivity contribution is 5.76. The van der Waals surface area contributed by atoms with Crippen molar-refractivity contribution in [1.29, 1.82) is 0 Å². The molecule has 2 N–H and O–H groups in total. The summed E-state index contributed by atoms with van der Waals surface area (Å²) in [6.07, 6.45) is -0.929. The molecule has 0 heterocycles. The number of aliphatic hydroxyl groups excluding tert-OH is 1. The molecule has 0 radical (unpaired) electrons. The lowest BCUT2D eigenvalue weighted by Crippen LogP contribution is -2.27. The van der Waals surface area contributed by atoms with Crippen LogP contribution in [0.3, 0.4) is 0 Å². The van der Waals surface area contributed by atoms with Crippen LogP contribution in [-0.2, 0) is 11.2 Å². The first-order chi connectivity index (χ1) is 10.6. The van der Waals surface area contributed by atoms with E-state index < -0.39 is 17.7 Å². The minimum Gasteiger partial charge on any atom is -0.388 e. The zero-order chi connectivity index (χ0) is 15.9. The molecule has 22 heavy (non-hydrogen) atoms. The molecule has 0 spiro atoms. The second-order valence-corrected chi connectivity index (χ2v) is 4.93. The Bertz CT molecular complexity index is 612. The van der Waals surface area contributed by atoms with Gasteiger partial charge in [0.15, 0.2) is 0 Å². The van der Waals surface area contributed by atoms with Crippen LogP contribution in [0.25, 0.3) is 0 Å². The van der Waals surface area contributed by atoms with Gasteiger partial charge in [-0.3, -0.25) is 4.79 Å². The Balaban J connectivity index is 1.81. The number of nitrogens with one attached hydrogen (secondary N) is 1. The summed E-state index contributed by atoms with van der Waals surface area (Å²) in [5.74, 6) is -1.62. The van der Waals surface area contributed by atoms with Crippen LogP contribution in [0.5, 0.6) is 0 Å². The zero-order valence-electron chi connectivity index (χ0n) is 11.9. The van der Waals surface area contributed by atoms with Crippen LogP contribution in [-0.4, -0.2) is 17.6 Å². The monoisotopic (exact) mass is 305 g/mol. The lowest BCUT2D eigenvalue weighted by atomic mass is 10.1. The van der Waals surface area contributed by atoms with E-state index in [1.807, 2.05) is 6.07 Å². The molecule has 1 unspecified atom stereocenters. The number of halogens is 2. The van der Waals surface area contributed by atoms with Crippen LogP contribution in [0.1, 0.15) is 23.7 Å². The maximum absolute atomic E-state index is 13.4. The third-order valence-corrected chi connectivity index (χ3v) is 3.32. The van der Waals surface area contributed by atoms with Crippen molar-refractivity contribution in [2.45, 2.75) is 18.9 Å². The van der Waals surface area contributed by atoms with Gasteiger partial charge in [0.05, 0.1) is 12.5 Å². The van der Waals surface area contributed by atoms with E-state index in [4.69, 9.17) is 0 Å². The Morgan fingerprint density at radius 3 is 2.32 bits per heavy atom. The fourth-order valence-corrected chi connectivity index (χ4v) is 2.14. The van der Waals surface area contributed by atoms with E-state index in [9.17, 15) is 18.7 Å². The number of hydrogen-bond acceptors (Lipinski definition) is 2. The number of aliphatic hydroxyl groups is 1. The Hall–Kier alpha value is -2.27. The Morgan fingerprint density at radius 1 is 1.05 bits per heavy atom. The van der Waals surface area contributed by atoms with E-state index in [2.05, 4.69) is 5.32 Å². The standard InChI is InChI=1S/C17H17F2NO2/c18-14-7-4-8-15(19)13(14)9-10-20-17(22)11-16(21)12-5-2-1-3-6-12/h1-8,16,21H,9-11H2,(H,20,22). The molecular formula is C17H17F2NO2. The van der Waals surface area contributed by atoms with Gasteiger partial charge in [-0.2, -0.15) is 0 Å². The van der Waals surface area contributed by atoms with Crippen LogP contribution >= 0.6 is 0 Å². The Kier molecular flexibility index (Phi) is 5.61. The van der Waals surface area contributed by atoms with Crippen molar-refractivity contribution in [2.75, 3.05) is 6.54 Å². The van der Waals surface area contributed by atoms with Crippen LogP contribution in [0.4, 0.5) is 8.78 Å². The summed E-state index contributed by atoms with van der Waals surface area (Å²) < 4.78 is 26.8. The van der Waals surface area contributed by atoms with Crippen molar-refractivity contribution >= 4 is 5.91 Å². The van der Waals surface area contributed by atoms with Crippen molar-refractivity contribution in [1.82, 2.24) is 5.32 Å². The summed E-state index contributed by atoms with van der Waals surface area (Å²) in [6.45, 7) is 0.109. The fraction of sp³-hybridized carbons (Fsp3) is 0.235. The minimum absolute atomic E-state index is 0.0496. The minimum atomic E-state index is -0.897. The topological polar surface area (TPSA) is 49.3 Å². The SMILES string of the molecule is O=C(CC(O)c1ccccc1)NCCc1c(F)cccc1F. The summed E-state index contributed by atoms with van der Waals surface area (Å²) in [6, 6.07) is 12.5. The molecule has 1 atom stereocenters. The predicted octanol–water partition coefficient (Wildman–Crippen LogP) is 2.75. The lowest BCUT2D eigenvalue weighted by Gasteiger charge is -2.11. The van der Waals surface area contributed by atoms with E-state index in [-0.39, 0.29) is 30.9 Å². The number of amides is 1. The van der Waals surface area contributed by atoms with Gasteiger partial charge in [-0.1, -0.05) is 36.4 Å². The van der Waals surface area contributed by atoms with Gasteiger partial charge in [0.2, 0.25) is 5.91 Å². The number of rotatable bonds is 6. The first kappa shape index (κ1) is 16.1. The van der Waals surface area contributed by atoms with E-state index in [1.54, 1.807) is 24.3 Å². The molecule has 0 fully saturated rings. The summed E-state index contributed by atoms with van der Waals surface area (Å²) in [5, 5.41) is 12.5. The molecule has 2 aromatic rings. The van der Waals surface area contributed by atoms with E-state index in [1.165, 1.54) is 18.2 Å². The third-order valence-electron chi connectivity index (χ3n) is 3.32. The lowest BCUT2D eigenvalue weighted by molar-refractivity contribution is -0.123. The summed E-state index contributed by atoms with van der Waals surface area (Å²) in [7, 11) is 0. The highest BCUT2D eigenvalue weighted by atomic mass is 19.1. The van der Waals surface area contributed by atoms with Gasteiger partial charge in [0.25, 0.3) is 0 Å². The van der Waals surface area contributed by atoms with Crippen LogP contribution in [0, 0.1) is 11.6 Å². The summed E-state index contributed by atoms with van der Waals surface area (Å²) >= 11 is 0. The first-order valence-corrected chi connectivity index (χ1v) is 7.00. The number of carbonyl (C=O) groups excluding carboxylic acids is 1. The van der Waals surface area contributed by atoms with Gasteiger partial charge in [-0.15, -0.1) is 0 Å². The van der Waals surface area contributed by atoms with Gasteiger partial charge in [-0.05, 0) is 24.1 Å². The van der Waals surface area contributed by atoms with E-state index in [0.29, 0.717) is 5.56 Å². The number of hydrogen-bond donors (Lipinski definition) is 2. The molecule has 0 aromatic heterocycles. The Morgan fingerprint density at radius 2 is 1.68 bits per heavy atom. The van der Waals surface area contributed by atoms with Crippen molar-refractivity contribution in [2.24, 2.45) is 0 Å². The van der Waals surface area contributed by atoms with Crippen molar-refractivity contribution in [3.05, 3.63) is 71.3 Å². The average molecular weight is 305 g/mol. The molecule has 0 saturated carbocycles. The second kappa shape index (κ2) is 7.66. The summed E-state index contributed by atoms with van der Waals surface area (Å²) in [4.78, 5) is 11.7. The molecule has 0 aliphatic heterocycles. The normalized spacial score (nSPS) is 12.0. The van der Waals surface area contributed by atoms with Crippen LogP contribution in [0.15, 0.2) is 48.5 Å². The quantitative estimate of drug-likeness (QED) is 0.862. The predicted molar refractivity (Wildman–Crippen MR) is 79.1 cm³/mol. The number of benzene rings is 2. The molecule has 5 heteroatoms. The molecule has 2 aromatic carbocycles. The zero-order valence-corrected chi connectivity index (χ0v) is 11.9. The van der Waals surface area contributed by atoms with Crippen LogP contribution in [0.2, 0.25) is 0 Å². The fourth-order valence-electron chi connectivity index (χ4n) is 2.14. The molecule has 0 saturated heterocycles. The number of carbonyl (C=O) groups is 1. The molecular weight excluding hydrogens is 288 g/mol. The van der Waals surface area contributed by atoms with Crippen molar-refractivity contribution in [3.8, 4) is 0 Å². The third kappa shape index (κ3) is 4.36. The molecule has 0 aliphatic carbocycles. The van der Waals surface area contributed by atoms with Crippen LogP contribution < -0.4 is 5.32 Å². The highest BCUT2D eigenvalue weighted by Gasteiger charge is 2.13. The largest absolute Gasteiger partial charge is 0.388 e. The second-order valence-electron chi connectivity index (χ2n) is 4.93. The van der Waals surface area contributed by atoms with Gasteiger partial charge >= 0.3 is 0 Å². The first-order valence-electron chi connectivity index (χ1n) is 7.00. The molecule has 3 nitrogen and oxygen atoms in total. The molecule has 0 bridgehead atoms. The highest BCUT2D eigenvalue weighted by Crippen LogP contribution is 2.16. The smallest absolute Gasteiger partial charge is 0.222 e. The van der Waals surface area contributed by atoms with Crippen molar-refractivity contribution < 1.29 is 18.7 Å². The van der Waals surface area contributed by atoms with Gasteiger partial charge in [0, 0.05) is 12.1 Å². The summed E-state index contributed by atoms with van der Waals surface area (Å²) in [5.41, 5.74) is 0.601. The van der Waals surface area contributed by atoms with E-state index in [0.717, 1.165) is 0 Å². The Labute approximate surface area is 127 Å². The maximum atomic E-state index is 13.4. The maximum Gasteiger partial charge on any atom is 0.222 e. The van der Waals surface area contributed by atoms with E-state index >= 15 is 0 Å². The van der Waals surface area contributed by atoms with Gasteiger partial charge in [-0.25, -0.2) is 8.78 Å². The van der Waals surface area contributed by atoms with Gasteiger partial charge < -0.3 is 10.4 Å². The molecule has 0 aliphatic rings. The van der Waals surface area contributed by atoms with Gasteiger partial charge in [0.1, 0.15) is 11.6 Å². The molecule has 116 valence electrons. The molecule has 2 rings (SSSR count). The van der Waals surface area contributed by atoms with Crippen molar-refractivity contribution in [3.63, 3.8) is 0 Å². The average Bonchev–Trinajstić information content (AvgIpc) is 2.51.